The molecule has 1 aliphatic rings. The zero-order valence-electron chi connectivity index (χ0n) is 9.29. The number of nitrogens with one attached hydrogen (secondary N) is 1. The molecule has 16 heavy (non-hydrogen) atoms. The first-order chi connectivity index (χ1) is 7.56. The Morgan fingerprint density at radius 2 is 2.00 bits per heavy atom. The zero-order valence-corrected chi connectivity index (χ0v) is 9.29. The molecule has 82 valence electrons. The lowest BCUT2D eigenvalue weighted by Gasteiger charge is -2.10. The average molecular weight is 215 g/mol. The maximum absolute atomic E-state index is 10.9. The van der Waals surface area contributed by atoms with Crippen LogP contribution in [0.4, 0.5) is 0 Å². The summed E-state index contributed by atoms with van der Waals surface area (Å²) in [5.74, 6) is -0.899. The van der Waals surface area contributed by atoms with Crippen LogP contribution in [0.3, 0.4) is 0 Å². The van der Waals surface area contributed by atoms with Gasteiger partial charge >= 0.3 is 5.97 Å². The fourth-order valence-electron chi connectivity index (χ4n) is 1.64. The fraction of sp³-hybridized carbons (Fsp3) is 0.250. The minimum atomic E-state index is -0.899. The zero-order chi connectivity index (χ0) is 11.7. The van der Waals surface area contributed by atoms with Crippen LogP contribution in [0.2, 0.25) is 0 Å². The number of hydrogen-bond donors (Lipinski definition) is 2. The Hall–Kier alpha value is -1.71. The Balaban J connectivity index is 2.24. The van der Waals surface area contributed by atoms with Crippen LogP contribution in [-0.4, -0.2) is 25.0 Å². The fourth-order valence-corrected chi connectivity index (χ4v) is 1.64. The molecule has 4 heteroatoms. The Labute approximate surface area is 95.6 Å². The summed E-state index contributed by atoms with van der Waals surface area (Å²) >= 11 is 0. The van der Waals surface area contributed by atoms with Crippen LogP contribution in [0.5, 0.6) is 0 Å². The van der Waals surface area contributed by atoms with E-state index in [9.17, 15) is 4.79 Å². The van der Waals surface area contributed by atoms with E-state index in [1.54, 1.807) is 12.1 Å². The number of carbonyl (C=O) groups is 1. The highest BCUT2D eigenvalue weighted by Crippen LogP contribution is 2.22. The highest BCUT2D eigenvalue weighted by Gasteiger charge is 2.21. The number of rotatable bonds is 4. The van der Waals surface area contributed by atoms with Crippen LogP contribution in [0.1, 0.15) is 28.8 Å². The Bertz CT molecular complexity index is 452. The molecule has 1 aromatic rings. The Morgan fingerprint density at radius 1 is 1.38 bits per heavy atom. The van der Waals surface area contributed by atoms with E-state index >= 15 is 0 Å². The predicted octanol–water partition coefficient (Wildman–Crippen LogP) is 0.366. The van der Waals surface area contributed by atoms with E-state index in [2.05, 4.69) is 11.9 Å². The molecule has 3 nitrogen and oxygen atoms in total. The van der Waals surface area contributed by atoms with Gasteiger partial charge in [0.25, 0.3) is 0 Å². The molecule has 0 aromatic heterocycles. The van der Waals surface area contributed by atoms with Gasteiger partial charge in [-0.2, -0.15) is 0 Å². The smallest absolute Gasteiger partial charge is 0.335 e. The summed E-state index contributed by atoms with van der Waals surface area (Å²) < 4.78 is 0. The lowest BCUT2D eigenvalue weighted by atomic mass is 9.91. The van der Waals surface area contributed by atoms with E-state index in [-0.39, 0.29) is 0 Å². The van der Waals surface area contributed by atoms with Gasteiger partial charge in [-0.1, -0.05) is 24.2 Å². The van der Waals surface area contributed by atoms with Crippen LogP contribution < -0.4 is 10.8 Å². The highest BCUT2D eigenvalue weighted by molar-refractivity contribution is 6.32. The summed E-state index contributed by atoms with van der Waals surface area (Å²) in [7, 11) is 1.89. The molecule has 0 saturated heterocycles. The van der Waals surface area contributed by atoms with E-state index in [1.807, 2.05) is 13.9 Å². The highest BCUT2D eigenvalue weighted by atomic mass is 16.4. The second-order valence-corrected chi connectivity index (χ2v) is 4.29. The summed E-state index contributed by atoms with van der Waals surface area (Å²) in [4.78, 5) is 10.9. The normalized spacial score (nSPS) is 14.5. The Morgan fingerprint density at radius 3 is 2.56 bits per heavy atom. The molecule has 2 rings (SSSR count). The van der Waals surface area contributed by atoms with Gasteiger partial charge in [-0.3, -0.25) is 0 Å². The van der Waals surface area contributed by atoms with Gasteiger partial charge in [-0.05, 0) is 24.5 Å². The van der Waals surface area contributed by atoms with Crippen LogP contribution >= 0.6 is 0 Å². The largest absolute Gasteiger partial charge is 0.478 e. The van der Waals surface area contributed by atoms with Crippen molar-refractivity contribution in [3.8, 4) is 0 Å². The van der Waals surface area contributed by atoms with Gasteiger partial charge in [-0.25, -0.2) is 4.79 Å². The van der Waals surface area contributed by atoms with E-state index in [0.717, 1.165) is 16.7 Å². The van der Waals surface area contributed by atoms with E-state index < -0.39 is 5.97 Å². The molecule has 0 spiro atoms. The predicted molar refractivity (Wildman–Crippen MR) is 66.8 cm³/mol. The number of benzene rings is 1. The van der Waals surface area contributed by atoms with Gasteiger partial charge in [0.1, 0.15) is 7.85 Å². The van der Waals surface area contributed by atoms with Crippen LogP contribution in [0.25, 0.3) is 5.70 Å². The van der Waals surface area contributed by atoms with Gasteiger partial charge in [0.2, 0.25) is 0 Å². The molecule has 1 saturated carbocycles. The maximum atomic E-state index is 10.9. The topological polar surface area (TPSA) is 49.3 Å². The molecular formula is C12H14BNO2. The van der Waals surface area contributed by atoms with Crippen molar-refractivity contribution in [3.05, 3.63) is 35.9 Å². The number of carboxylic acids is 1. The van der Waals surface area contributed by atoms with Crippen LogP contribution in [0, 0.1) is 0 Å². The van der Waals surface area contributed by atoms with Crippen molar-refractivity contribution in [2.45, 2.75) is 18.9 Å². The van der Waals surface area contributed by atoms with Gasteiger partial charge in [0, 0.05) is 11.7 Å². The average Bonchev–Trinajstić information content (AvgIpc) is 3.00. The first-order valence-corrected chi connectivity index (χ1v) is 5.37. The van der Waals surface area contributed by atoms with Crippen molar-refractivity contribution in [2.24, 2.45) is 0 Å². The van der Waals surface area contributed by atoms with Gasteiger partial charge in [-0.15, -0.1) is 0 Å². The lowest BCUT2D eigenvalue weighted by molar-refractivity contribution is 0.0697. The monoisotopic (exact) mass is 215 g/mol. The molecule has 1 fully saturated rings. The maximum Gasteiger partial charge on any atom is 0.335 e. The third kappa shape index (κ3) is 2.45. The standard InChI is InChI=1S/C12H14BNO2/c1-7(14-11-2-3-11)8-4-9(12(15)16)6-10(13)5-8/h4-6,11,14H,1-3,13H2,(H,15,16). The second kappa shape index (κ2) is 4.04. The summed E-state index contributed by atoms with van der Waals surface area (Å²) in [5, 5.41) is 12.2. The van der Waals surface area contributed by atoms with Crippen molar-refractivity contribution < 1.29 is 9.90 Å². The van der Waals surface area contributed by atoms with E-state index in [1.165, 1.54) is 12.8 Å². The van der Waals surface area contributed by atoms with Crippen molar-refractivity contribution in [1.29, 1.82) is 0 Å². The van der Waals surface area contributed by atoms with Crippen molar-refractivity contribution >= 4 is 25.0 Å². The van der Waals surface area contributed by atoms with Crippen molar-refractivity contribution in [2.75, 3.05) is 0 Å². The van der Waals surface area contributed by atoms with Crippen molar-refractivity contribution in [1.82, 2.24) is 5.32 Å². The third-order valence-electron chi connectivity index (χ3n) is 2.63. The quantitative estimate of drug-likeness (QED) is 0.713. The molecule has 0 unspecified atom stereocenters. The van der Waals surface area contributed by atoms with Crippen LogP contribution in [-0.2, 0) is 0 Å². The molecule has 0 amide bonds. The summed E-state index contributed by atoms with van der Waals surface area (Å²) in [6.45, 7) is 3.94. The SMILES string of the molecule is Bc1cc(C(=C)NC2CC2)cc(C(=O)O)c1. The lowest BCUT2D eigenvalue weighted by Crippen LogP contribution is -2.16. The minimum absolute atomic E-state index is 0.314. The number of hydrogen-bond acceptors (Lipinski definition) is 2. The molecule has 0 atom stereocenters. The number of carboxylic acid groups (broad SMARTS) is 1. The first kappa shape index (κ1) is 10.8. The molecule has 1 aromatic carbocycles. The van der Waals surface area contributed by atoms with Crippen molar-refractivity contribution in [3.63, 3.8) is 0 Å². The summed E-state index contributed by atoms with van der Waals surface area (Å²) in [6, 6.07) is 5.80. The number of aromatic carboxylic acids is 1. The molecular weight excluding hydrogens is 201 g/mol. The first-order valence-electron chi connectivity index (χ1n) is 5.37. The molecule has 1 aliphatic carbocycles. The molecule has 0 heterocycles. The van der Waals surface area contributed by atoms with Gasteiger partial charge in [0.15, 0.2) is 0 Å². The van der Waals surface area contributed by atoms with Crippen LogP contribution in [0.15, 0.2) is 24.8 Å². The second-order valence-electron chi connectivity index (χ2n) is 4.29. The van der Waals surface area contributed by atoms with E-state index in [0.29, 0.717) is 11.6 Å². The van der Waals surface area contributed by atoms with Gasteiger partial charge < -0.3 is 10.4 Å². The summed E-state index contributed by atoms with van der Waals surface area (Å²) in [5.41, 5.74) is 2.93. The third-order valence-corrected chi connectivity index (χ3v) is 2.63. The minimum Gasteiger partial charge on any atom is -0.478 e. The molecule has 0 radical (unpaired) electrons. The van der Waals surface area contributed by atoms with Gasteiger partial charge in [0.05, 0.1) is 5.56 Å². The summed E-state index contributed by atoms with van der Waals surface area (Å²) in [6.07, 6.45) is 2.35. The molecule has 2 N–H and O–H groups in total. The Kier molecular flexibility index (Phi) is 2.73. The van der Waals surface area contributed by atoms with E-state index in [4.69, 9.17) is 5.11 Å². The molecule has 0 aliphatic heterocycles. The molecule has 0 bridgehead atoms.